The van der Waals surface area contributed by atoms with Crippen LogP contribution in [0.1, 0.15) is 10.4 Å². The molecule has 0 fully saturated rings. The molecule has 0 bridgehead atoms. The summed E-state index contributed by atoms with van der Waals surface area (Å²) in [5.41, 5.74) is 9.43. The Morgan fingerprint density at radius 3 is 2.64 bits per heavy atom. The van der Waals surface area contributed by atoms with Crippen molar-refractivity contribution in [3.63, 3.8) is 0 Å². The zero-order valence-corrected chi connectivity index (χ0v) is 9.63. The molecule has 1 aromatic rings. The van der Waals surface area contributed by atoms with Gasteiger partial charge in [0.1, 0.15) is 0 Å². The van der Waals surface area contributed by atoms with Crippen LogP contribution in [0.25, 0.3) is 0 Å². The maximum Gasteiger partial charge on any atom is 0.265 e. The molecule has 0 aliphatic carbocycles. The lowest BCUT2D eigenvalue weighted by Crippen LogP contribution is -2.36. The van der Waals surface area contributed by atoms with Gasteiger partial charge in [-0.2, -0.15) is 0 Å². The number of carbonyl (C=O) groups excluding carboxylic acids is 1. The molecule has 0 spiro atoms. The van der Waals surface area contributed by atoms with Crippen LogP contribution in [0, 0.1) is 0 Å². The molecule has 0 unspecified atom stereocenters. The van der Waals surface area contributed by atoms with Crippen molar-refractivity contribution in [2.24, 2.45) is 0 Å². The monoisotopic (exact) mass is 257 g/mol. The number of hydrazine groups is 1. The molecule has 5 heteroatoms. The SMILES string of the molecule is CN(C)NC(=O)c1ccc(N)c(Br)c1. The minimum Gasteiger partial charge on any atom is -0.398 e. The van der Waals surface area contributed by atoms with E-state index in [1.807, 2.05) is 0 Å². The predicted molar refractivity (Wildman–Crippen MR) is 59.7 cm³/mol. The highest BCUT2D eigenvalue weighted by Gasteiger charge is 2.07. The van der Waals surface area contributed by atoms with Gasteiger partial charge in [-0.15, -0.1) is 0 Å². The van der Waals surface area contributed by atoms with Crippen LogP contribution in [0.2, 0.25) is 0 Å². The Labute approximate surface area is 91.2 Å². The van der Waals surface area contributed by atoms with Crippen LogP contribution in [-0.4, -0.2) is 25.0 Å². The maximum atomic E-state index is 11.5. The van der Waals surface area contributed by atoms with Gasteiger partial charge < -0.3 is 5.73 Å². The number of hydrogen-bond acceptors (Lipinski definition) is 3. The molecule has 14 heavy (non-hydrogen) atoms. The first kappa shape index (κ1) is 11.0. The number of rotatable bonds is 2. The molecule has 1 rings (SSSR count). The Morgan fingerprint density at radius 1 is 1.50 bits per heavy atom. The molecule has 3 N–H and O–H groups in total. The molecule has 4 nitrogen and oxygen atoms in total. The Morgan fingerprint density at radius 2 is 2.14 bits per heavy atom. The average molecular weight is 258 g/mol. The minimum absolute atomic E-state index is 0.157. The van der Waals surface area contributed by atoms with Crippen LogP contribution in [0.5, 0.6) is 0 Å². The fourth-order valence-corrected chi connectivity index (χ4v) is 1.31. The summed E-state index contributed by atoms with van der Waals surface area (Å²) in [7, 11) is 3.51. The highest BCUT2D eigenvalue weighted by molar-refractivity contribution is 9.10. The van der Waals surface area contributed by atoms with Crippen molar-refractivity contribution in [1.82, 2.24) is 10.4 Å². The van der Waals surface area contributed by atoms with E-state index in [2.05, 4.69) is 21.4 Å². The number of benzene rings is 1. The lowest BCUT2D eigenvalue weighted by atomic mass is 10.2. The van der Waals surface area contributed by atoms with Gasteiger partial charge in [0.15, 0.2) is 0 Å². The minimum atomic E-state index is -0.157. The number of amides is 1. The number of anilines is 1. The Balaban J connectivity index is 2.86. The third-order valence-corrected chi connectivity index (χ3v) is 2.27. The number of nitrogen functional groups attached to an aromatic ring is 1. The van der Waals surface area contributed by atoms with E-state index in [1.54, 1.807) is 37.3 Å². The first-order valence-electron chi connectivity index (χ1n) is 4.04. The zero-order valence-electron chi connectivity index (χ0n) is 8.04. The molecule has 76 valence electrons. The van der Waals surface area contributed by atoms with E-state index in [0.717, 1.165) is 4.47 Å². The summed E-state index contributed by atoms with van der Waals surface area (Å²) < 4.78 is 0.726. The van der Waals surface area contributed by atoms with E-state index >= 15 is 0 Å². The molecule has 1 amide bonds. The van der Waals surface area contributed by atoms with Crippen LogP contribution < -0.4 is 11.2 Å². The second kappa shape index (κ2) is 4.43. The molecular formula is C9H12BrN3O. The number of nitrogens with zero attached hydrogens (tertiary/aromatic N) is 1. The number of halogens is 1. The molecule has 0 aliphatic rings. The van der Waals surface area contributed by atoms with Crippen LogP contribution >= 0.6 is 15.9 Å². The Kier molecular flexibility index (Phi) is 3.49. The highest BCUT2D eigenvalue weighted by atomic mass is 79.9. The van der Waals surface area contributed by atoms with Gasteiger partial charge in [0.25, 0.3) is 5.91 Å². The molecule has 0 aliphatic heterocycles. The van der Waals surface area contributed by atoms with Crippen LogP contribution in [-0.2, 0) is 0 Å². The molecule has 0 atom stereocenters. The first-order chi connectivity index (χ1) is 6.50. The van der Waals surface area contributed by atoms with Crippen molar-refractivity contribution < 1.29 is 4.79 Å². The van der Waals surface area contributed by atoms with Gasteiger partial charge in [-0.05, 0) is 34.1 Å². The van der Waals surface area contributed by atoms with Crippen molar-refractivity contribution in [1.29, 1.82) is 0 Å². The van der Waals surface area contributed by atoms with Crippen LogP contribution in [0.4, 0.5) is 5.69 Å². The maximum absolute atomic E-state index is 11.5. The number of hydrogen-bond donors (Lipinski definition) is 2. The van der Waals surface area contributed by atoms with E-state index in [0.29, 0.717) is 11.3 Å². The third kappa shape index (κ3) is 2.71. The fraction of sp³-hybridized carbons (Fsp3) is 0.222. The van der Waals surface area contributed by atoms with E-state index in [9.17, 15) is 4.79 Å². The highest BCUT2D eigenvalue weighted by Crippen LogP contribution is 2.20. The predicted octanol–water partition coefficient (Wildman–Crippen LogP) is 1.24. The largest absolute Gasteiger partial charge is 0.398 e. The van der Waals surface area contributed by atoms with Crippen molar-refractivity contribution in [3.05, 3.63) is 28.2 Å². The summed E-state index contributed by atoms with van der Waals surface area (Å²) >= 11 is 3.26. The number of nitrogens with two attached hydrogens (primary N) is 1. The molecule has 1 aromatic carbocycles. The van der Waals surface area contributed by atoms with Crippen molar-refractivity contribution in [2.45, 2.75) is 0 Å². The lowest BCUT2D eigenvalue weighted by Gasteiger charge is -2.12. The van der Waals surface area contributed by atoms with E-state index in [4.69, 9.17) is 5.73 Å². The van der Waals surface area contributed by atoms with Crippen molar-refractivity contribution in [3.8, 4) is 0 Å². The zero-order chi connectivity index (χ0) is 10.7. The third-order valence-electron chi connectivity index (χ3n) is 1.59. The fourth-order valence-electron chi connectivity index (χ4n) is 0.936. The van der Waals surface area contributed by atoms with E-state index < -0.39 is 0 Å². The van der Waals surface area contributed by atoms with Crippen molar-refractivity contribution in [2.75, 3.05) is 19.8 Å². The summed E-state index contributed by atoms with van der Waals surface area (Å²) in [6.07, 6.45) is 0. The van der Waals surface area contributed by atoms with Gasteiger partial charge >= 0.3 is 0 Å². The molecule has 0 saturated heterocycles. The summed E-state index contributed by atoms with van der Waals surface area (Å²) in [5, 5.41) is 1.59. The Hall–Kier alpha value is -1.07. The van der Waals surface area contributed by atoms with Gasteiger partial charge in [0.05, 0.1) is 0 Å². The molecule has 0 radical (unpaired) electrons. The van der Waals surface area contributed by atoms with Gasteiger partial charge in [0.2, 0.25) is 0 Å². The van der Waals surface area contributed by atoms with Gasteiger partial charge in [-0.1, -0.05) is 0 Å². The second-order valence-corrected chi connectivity index (χ2v) is 3.93. The van der Waals surface area contributed by atoms with Gasteiger partial charge in [-0.25, -0.2) is 5.01 Å². The van der Waals surface area contributed by atoms with E-state index in [-0.39, 0.29) is 5.91 Å². The Bertz CT molecular complexity index is 352. The molecule has 0 heterocycles. The molecule has 0 saturated carbocycles. The standard InChI is InChI=1S/C9H12BrN3O/c1-13(2)12-9(14)6-3-4-8(11)7(10)5-6/h3-5H,11H2,1-2H3,(H,12,14). The summed E-state index contributed by atoms with van der Waals surface area (Å²) in [6, 6.07) is 5.06. The quantitative estimate of drug-likeness (QED) is 0.619. The smallest absolute Gasteiger partial charge is 0.265 e. The normalized spacial score (nSPS) is 10.3. The van der Waals surface area contributed by atoms with Crippen LogP contribution in [0.3, 0.4) is 0 Å². The first-order valence-corrected chi connectivity index (χ1v) is 4.83. The summed E-state index contributed by atoms with van der Waals surface area (Å²) in [5.74, 6) is -0.157. The number of nitrogens with one attached hydrogen (secondary N) is 1. The van der Waals surface area contributed by atoms with Crippen LogP contribution in [0.15, 0.2) is 22.7 Å². The molecular weight excluding hydrogens is 246 g/mol. The van der Waals surface area contributed by atoms with E-state index in [1.165, 1.54) is 0 Å². The molecule has 0 aromatic heterocycles. The average Bonchev–Trinajstić information content (AvgIpc) is 2.08. The van der Waals surface area contributed by atoms with Crippen molar-refractivity contribution >= 4 is 27.5 Å². The lowest BCUT2D eigenvalue weighted by molar-refractivity contribution is 0.0857. The topological polar surface area (TPSA) is 58.4 Å². The summed E-state index contributed by atoms with van der Waals surface area (Å²) in [4.78, 5) is 11.5. The number of carbonyl (C=O) groups is 1. The van der Waals surface area contributed by atoms with Gasteiger partial charge in [-0.3, -0.25) is 10.2 Å². The summed E-state index contributed by atoms with van der Waals surface area (Å²) in [6.45, 7) is 0. The second-order valence-electron chi connectivity index (χ2n) is 3.07. The van der Waals surface area contributed by atoms with Gasteiger partial charge in [0, 0.05) is 29.8 Å².